The highest BCUT2D eigenvalue weighted by atomic mass is 19.4. The lowest BCUT2D eigenvalue weighted by Gasteiger charge is -2.16. The van der Waals surface area contributed by atoms with Gasteiger partial charge in [0.2, 0.25) is 0 Å². The Morgan fingerprint density at radius 1 is 1.23 bits per heavy atom. The predicted octanol–water partition coefficient (Wildman–Crippen LogP) is 2.03. The first-order valence-corrected chi connectivity index (χ1v) is 6.60. The van der Waals surface area contributed by atoms with Crippen molar-refractivity contribution in [3.63, 3.8) is 0 Å². The van der Waals surface area contributed by atoms with Crippen molar-refractivity contribution in [3.8, 4) is 5.75 Å². The van der Waals surface area contributed by atoms with Gasteiger partial charge >= 0.3 is 6.18 Å². The summed E-state index contributed by atoms with van der Waals surface area (Å²) in [5.74, 6) is 0.569. The van der Waals surface area contributed by atoms with Crippen molar-refractivity contribution < 1.29 is 22.6 Å². The topological polar surface area (TPSA) is 54.9 Å². The summed E-state index contributed by atoms with van der Waals surface area (Å²) in [6.07, 6.45) is -4.45. The molecule has 0 aromatic heterocycles. The Hall–Kier alpha value is -1.96. The van der Waals surface area contributed by atoms with Gasteiger partial charge in [-0.15, -0.1) is 0 Å². The van der Waals surface area contributed by atoms with Crippen molar-refractivity contribution in [3.05, 3.63) is 29.3 Å². The number of benzene rings is 1. The minimum atomic E-state index is -4.45. The summed E-state index contributed by atoms with van der Waals surface area (Å²) in [5.41, 5.74) is -0.616. The zero-order valence-electron chi connectivity index (χ0n) is 12.8. The summed E-state index contributed by atoms with van der Waals surface area (Å²) in [6.45, 7) is 0.966. The van der Waals surface area contributed by atoms with Gasteiger partial charge in [-0.05, 0) is 17.7 Å². The molecule has 0 atom stereocenters. The number of hydrogen-bond acceptors (Lipinski definition) is 3. The average Bonchev–Trinajstić information content (AvgIpc) is 2.49. The van der Waals surface area contributed by atoms with Crippen molar-refractivity contribution in [1.82, 2.24) is 10.6 Å². The molecule has 1 aromatic carbocycles. The number of nitrogens with zero attached hydrogens (tertiary/aromatic N) is 1. The number of methoxy groups -OCH3 is 2. The van der Waals surface area contributed by atoms with Gasteiger partial charge in [0, 0.05) is 27.2 Å². The summed E-state index contributed by atoms with van der Waals surface area (Å²) in [5, 5.41) is 5.77. The number of aliphatic imine (C=N–C) groups is 1. The highest BCUT2D eigenvalue weighted by Crippen LogP contribution is 2.34. The molecule has 0 aliphatic heterocycles. The van der Waals surface area contributed by atoms with Gasteiger partial charge < -0.3 is 20.1 Å². The molecule has 0 heterocycles. The van der Waals surface area contributed by atoms with E-state index in [1.165, 1.54) is 19.2 Å². The molecule has 0 unspecified atom stereocenters. The average molecular weight is 319 g/mol. The fraction of sp³-hybridized carbons (Fsp3) is 0.500. The molecule has 0 radical (unpaired) electrons. The SMILES string of the molecule is CN=C(NCCOC)NCc1ccc(OC)cc1C(F)(F)F. The molecular weight excluding hydrogens is 299 g/mol. The predicted molar refractivity (Wildman–Crippen MR) is 78.1 cm³/mol. The van der Waals surface area contributed by atoms with Crippen molar-refractivity contribution in [2.24, 2.45) is 4.99 Å². The first kappa shape index (κ1) is 18.1. The second kappa shape index (κ2) is 8.47. The highest BCUT2D eigenvalue weighted by Gasteiger charge is 2.33. The molecule has 2 N–H and O–H groups in total. The quantitative estimate of drug-likeness (QED) is 0.478. The molecule has 0 bridgehead atoms. The number of nitrogens with one attached hydrogen (secondary N) is 2. The fourth-order valence-electron chi connectivity index (χ4n) is 1.77. The van der Waals surface area contributed by atoms with Crippen LogP contribution in [-0.2, 0) is 17.5 Å². The first-order valence-electron chi connectivity index (χ1n) is 6.60. The van der Waals surface area contributed by atoms with E-state index in [-0.39, 0.29) is 17.9 Å². The van der Waals surface area contributed by atoms with Crippen molar-refractivity contribution in [2.45, 2.75) is 12.7 Å². The number of rotatable bonds is 6. The van der Waals surface area contributed by atoms with Gasteiger partial charge in [-0.1, -0.05) is 6.07 Å². The van der Waals surface area contributed by atoms with E-state index in [1.54, 1.807) is 14.2 Å². The Kier molecular flexibility index (Phi) is 6.97. The minimum Gasteiger partial charge on any atom is -0.497 e. The lowest BCUT2D eigenvalue weighted by molar-refractivity contribution is -0.138. The molecule has 0 saturated carbocycles. The van der Waals surface area contributed by atoms with Crippen LogP contribution >= 0.6 is 0 Å². The minimum absolute atomic E-state index is 0.00844. The zero-order valence-corrected chi connectivity index (χ0v) is 12.8. The van der Waals surface area contributed by atoms with Crippen LogP contribution in [0, 0.1) is 0 Å². The summed E-state index contributed by atoms with van der Waals surface area (Å²) in [6, 6.07) is 3.86. The number of ether oxygens (including phenoxy) is 2. The van der Waals surface area contributed by atoms with Crippen LogP contribution in [0.1, 0.15) is 11.1 Å². The molecule has 1 rings (SSSR count). The van der Waals surface area contributed by atoms with Crippen LogP contribution in [-0.4, -0.2) is 40.4 Å². The van der Waals surface area contributed by atoms with Crippen LogP contribution in [0.4, 0.5) is 13.2 Å². The molecule has 8 heteroatoms. The maximum atomic E-state index is 13.1. The van der Waals surface area contributed by atoms with Gasteiger partial charge in [-0.25, -0.2) is 0 Å². The Bertz CT molecular complexity index is 505. The molecular formula is C14H20F3N3O2. The maximum Gasteiger partial charge on any atom is 0.416 e. The highest BCUT2D eigenvalue weighted by molar-refractivity contribution is 5.79. The third kappa shape index (κ3) is 5.44. The molecule has 124 valence electrons. The molecule has 0 amide bonds. The molecule has 0 saturated heterocycles. The Morgan fingerprint density at radius 3 is 2.50 bits per heavy atom. The van der Waals surface area contributed by atoms with E-state index in [1.807, 2.05) is 0 Å². The van der Waals surface area contributed by atoms with Gasteiger partial charge in [0.05, 0.1) is 19.3 Å². The maximum absolute atomic E-state index is 13.1. The fourth-order valence-corrected chi connectivity index (χ4v) is 1.77. The number of guanidine groups is 1. The summed E-state index contributed by atoms with van der Waals surface area (Å²) in [7, 11) is 4.43. The van der Waals surface area contributed by atoms with Crippen LogP contribution in [0.3, 0.4) is 0 Å². The third-order valence-corrected chi connectivity index (χ3v) is 2.89. The second-order valence-electron chi connectivity index (χ2n) is 4.37. The van der Waals surface area contributed by atoms with Crippen LogP contribution in [0.25, 0.3) is 0 Å². The van der Waals surface area contributed by atoms with Crippen LogP contribution in [0.2, 0.25) is 0 Å². The van der Waals surface area contributed by atoms with E-state index < -0.39 is 11.7 Å². The van der Waals surface area contributed by atoms with E-state index in [2.05, 4.69) is 15.6 Å². The van der Waals surface area contributed by atoms with Crippen LogP contribution in [0.5, 0.6) is 5.75 Å². The Labute approximate surface area is 127 Å². The number of hydrogen-bond donors (Lipinski definition) is 2. The normalized spacial score (nSPS) is 12.2. The molecule has 5 nitrogen and oxygen atoms in total. The molecule has 0 aliphatic carbocycles. The molecule has 1 aromatic rings. The van der Waals surface area contributed by atoms with Gasteiger partial charge in [0.1, 0.15) is 5.75 Å². The Morgan fingerprint density at radius 2 is 1.95 bits per heavy atom. The largest absolute Gasteiger partial charge is 0.497 e. The summed E-state index contributed by atoms with van der Waals surface area (Å²) in [4.78, 5) is 3.93. The first-order chi connectivity index (χ1) is 10.4. The van der Waals surface area contributed by atoms with E-state index in [4.69, 9.17) is 9.47 Å². The summed E-state index contributed by atoms with van der Waals surface area (Å²) >= 11 is 0. The molecule has 0 fully saturated rings. The van der Waals surface area contributed by atoms with Gasteiger partial charge in [-0.3, -0.25) is 4.99 Å². The smallest absolute Gasteiger partial charge is 0.416 e. The number of alkyl halides is 3. The molecule has 0 aliphatic rings. The molecule has 22 heavy (non-hydrogen) atoms. The number of halogens is 3. The zero-order chi connectivity index (χ0) is 16.6. The van der Waals surface area contributed by atoms with Crippen LogP contribution in [0.15, 0.2) is 23.2 Å². The van der Waals surface area contributed by atoms with Gasteiger partial charge in [-0.2, -0.15) is 13.2 Å². The molecule has 0 spiro atoms. The van der Waals surface area contributed by atoms with E-state index in [9.17, 15) is 13.2 Å². The van der Waals surface area contributed by atoms with Crippen molar-refractivity contribution in [1.29, 1.82) is 0 Å². The van der Waals surface area contributed by atoms with Crippen molar-refractivity contribution >= 4 is 5.96 Å². The summed E-state index contributed by atoms with van der Waals surface area (Å²) < 4.78 is 48.9. The standard InChI is InChI=1S/C14H20F3N3O2/c1-18-13(19-6-7-21-2)20-9-10-4-5-11(22-3)8-12(10)14(15,16)17/h4-5,8H,6-7,9H2,1-3H3,(H2,18,19,20). The van der Waals surface area contributed by atoms with Crippen molar-refractivity contribution in [2.75, 3.05) is 34.4 Å². The van der Waals surface area contributed by atoms with Gasteiger partial charge in [0.25, 0.3) is 0 Å². The second-order valence-corrected chi connectivity index (χ2v) is 4.37. The monoisotopic (exact) mass is 319 g/mol. The third-order valence-electron chi connectivity index (χ3n) is 2.89. The van der Waals surface area contributed by atoms with E-state index in [0.717, 1.165) is 6.07 Å². The lowest BCUT2D eigenvalue weighted by atomic mass is 10.1. The van der Waals surface area contributed by atoms with Crippen LogP contribution < -0.4 is 15.4 Å². The van der Waals surface area contributed by atoms with E-state index in [0.29, 0.717) is 19.1 Å². The lowest BCUT2D eigenvalue weighted by Crippen LogP contribution is -2.38. The Balaban J connectivity index is 2.80. The van der Waals surface area contributed by atoms with E-state index >= 15 is 0 Å². The van der Waals surface area contributed by atoms with Gasteiger partial charge in [0.15, 0.2) is 5.96 Å².